The predicted molar refractivity (Wildman–Crippen MR) is 62.6 cm³/mol. The molecule has 7 nitrogen and oxygen atoms in total. The number of nitrogen functional groups attached to an aromatic ring is 1. The fourth-order valence-corrected chi connectivity index (χ4v) is 2.44. The van der Waals surface area contributed by atoms with Gasteiger partial charge in [0.1, 0.15) is 4.90 Å². The first-order valence-electron chi connectivity index (χ1n) is 4.98. The fraction of sp³-hybridized carbons (Fsp3) is 0.200. The van der Waals surface area contributed by atoms with Crippen molar-refractivity contribution in [2.45, 2.75) is 11.3 Å². The molecule has 1 aromatic carbocycles. The van der Waals surface area contributed by atoms with Crippen LogP contribution in [0.3, 0.4) is 0 Å². The number of nitrogens with two attached hydrogens (primary N) is 1. The van der Waals surface area contributed by atoms with Gasteiger partial charge >= 0.3 is 0 Å². The summed E-state index contributed by atoms with van der Waals surface area (Å²) in [5, 5.41) is 0. The Hall–Kier alpha value is -1.93. The minimum absolute atomic E-state index is 0.0756. The van der Waals surface area contributed by atoms with E-state index in [0.717, 1.165) is 11.0 Å². The molecule has 0 radical (unpaired) electrons. The van der Waals surface area contributed by atoms with Crippen LogP contribution in [0.5, 0.6) is 0 Å². The zero-order valence-electron chi connectivity index (χ0n) is 9.16. The molecule has 0 atom stereocenters. The van der Waals surface area contributed by atoms with Crippen LogP contribution in [0.1, 0.15) is 6.42 Å². The Bertz CT molecular complexity index is 638. The lowest BCUT2D eigenvalue weighted by molar-refractivity contribution is -0.121. The summed E-state index contributed by atoms with van der Waals surface area (Å²) in [6.07, 6.45) is -0.278. The van der Waals surface area contributed by atoms with Crippen LogP contribution in [0.4, 0.5) is 11.4 Å². The highest BCUT2D eigenvalue weighted by molar-refractivity contribution is 7.86. The van der Waals surface area contributed by atoms with E-state index in [1.54, 1.807) is 0 Å². The Morgan fingerprint density at radius 3 is 2.44 bits per heavy atom. The van der Waals surface area contributed by atoms with Crippen LogP contribution in [-0.4, -0.2) is 31.2 Å². The van der Waals surface area contributed by atoms with Gasteiger partial charge in [0.2, 0.25) is 5.91 Å². The first-order chi connectivity index (χ1) is 8.29. The van der Waals surface area contributed by atoms with Crippen molar-refractivity contribution < 1.29 is 22.6 Å². The molecular weight excluding hydrogens is 260 g/mol. The second-order valence-electron chi connectivity index (χ2n) is 3.90. The third kappa shape index (κ3) is 2.20. The number of benzene rings is 1. The second kappa shape index (κ2) is 4.07. The van der Waals surface area contributed by atoms with Gasteiger partial charge in [-0.15, -0.1) is 0 Å². The van der Waals surface area contributed by atoms with Crippen LogP contribution in [0, 0.1) is 0 Å². The summed E-state index contributed by atoms with van der Waals surface area (Å²) in [7, 11) is -4.49. The summed E-state index contributed by atoms with van der Waals surface area (Å²) in [5.74, 6) is -0.834. The number of hydrogen-bond donors (Lipinski definition) is 2. The zero-order valence-corrected chi connectivity index (χ0v) is 9.98. The number of anilines is 2. The first-order valence-corrected chi connectivity index (χ1v) is 6.42. The molecule has 1 heterocycles. The van der Waals surface area contributed by atoms with Crippen molar-refractivity contribution in [3.05, 3.63) is 18.2 Å². The van der Waals surface area contributed by atoms with Crippen molar-refractivity contribution in [3.8, 4) is 0 Å². The number of nitrogens with zero attached hydrogens (tertiary/aromatic N) is 1. The SMILES string of the molecule is Nc1ccc(S(=O)(=O)O)c(N2CC(=O)CC2=O)c1. The molecule has 1 fully saturated rings. The summed E-state index contributed by atoms with van der Waals surface area (Å²) in [5.41, 5.74) is 5.67. The maximum atomic E-state index is 11.6. The van der Waals surface area contributed by atoms with Gasteiger partial charge in [-0.05, 0) is 18.2 Å². The maximum absolute atomic E-state index is 11.6. The minimum Gasteiger partial charge on any atom is -0.399 e. The number of carbonyl (C=O) groups excluding carboxylic acids is 2. The standard InChI is InChI=1S/C10H10N2O5S/c11-6-1-2-9(18(15,16)17)8(3-6)12-5-7(13)4-10(12)14/h1-3H,4-5,11H2,(H,15,16,17). The number of rotatable bonds is 2. The van der Waals surface area contributed by atoms with E-state index in [0.29, 0.717) is 0 Å². The molecule has 8 heteroatoms. The molecule has 0 saturated carbocycles. The molecule has 3 N–H and O–H groups in total. The molecule has 1 aliphatic heterocycles. The van der Waals surface area contributed by atoms with Gasteiger partial charge in [-0.2, -0.15) is 8.42 Å². The van der Waals surface area contributed by atoms with Crippen molar-refractivity contribution in [2.24, 2.45) is 0 Å². The Morgan fingerprint density at radius 2 is 1.94 bits per heavy atom. The van der Waals surface area contributed by atoms with Crippen molar-refractivity contribution in [1.29, 1.82) is 0 Å². The van der Waals surface area contributed by atoms with Gasteiger partial charge in [0.05, 0.1) is 18.7 Å². The lowest BCUT2D eigenvalue weighted by Gasteiger charge is -2.18. The summed E-state index contributed by atoms with van der Waals surface area (Å²) in [6, 6.07) is 3.62. The molecule has 2 rings (SSSR count). The van der Waals surface area contributed by atoms with Gasteiger partial charge in [0, 0.05) is 5.69 Å². The quantitative estimate of drug-likeness (QED) is 0.437. The Kier molecular flexibility index (Phi) is 2.83. The number of carbonyl (C=O) groups is 2. The highest BCUT2D eigenvalue weighted by atomic mass is 32.2. The van der Waals surface area contributed by atoms with Crippen molar-refractivity contribution in [2.75, 3.05) is 17.2 Å². The van der Waals surface area contributed by atoms with Gasteiger partial charge in [-0.3, -0.25) is 14.1 Å². The molecule has 0 spiro atoms. The average Bonchev–Trinajstić information content (AvgIpc) is 2.55. The highest BCUT2D eigenvalue weighted by Gasteiger charge is 2.32. The fourth-order valence-electron chi connectivity index (χ4n) is 1.77. The molecule has 0 aliphatic carbocycles. The number of hydrogen-bond acceptors (Lipinski definition) is 5. The monoisotopic (exact) mass is 270 g/mol. The van der Waals surface area contributed by atoms with Crippen LogP contribution in [-0.2, 0) is 19.7 Å². The Labute approximate surface area is 103 Å². The third-order valence-corrected chi connectivity index (χ3v) is 3.44. The Balaban J connectivity index is 2.59. The molecule has 1 amide bonds. The number of amides is 1. The van der Waals surface area contributed by atoms with Gasteiger partial charge in [0.15, 0.2) is 5.78 Å². The summed E-state index contributed by atoms with van der Waals surface area (Å²) >= 11 is 0. The smallest absolute Gasteiger partial charge is 0.296 e. The van der Waals surface area contributed by atoms with E-state index in [2.05, 4.69) is 0 Å². The molecule has 0 bridgehead atoms. The van der Waals surface area contributed by atoms with Crippen molar-refractivity contribution in [1.82, 2.24) is 0 Å². The highest BCUT2D eigenvalue weighted by Crippen LogP contribution is 2.29. The molecule has 1 saturated heterocycles. The van der Waals surface area contributed by atoms with Crippen molar-refractivity contribution >= 4 is 33.2 Å². The van der Waals surface area contributed by atoms with E-state index in [4.69, 9.17) is 10.3 Å². The predicted octanol–water partition coefficient (Wildman–Crippen LogP) is -0.179. The number of ketones is 1. The first kappa shape index (κ1) is 12.5. The van der Waals surface area contributed by atoms with Gasteiger partial charge < -0.3 is 10.6 Å². The lowest BCUT2D eigenvalue weighted by atomic mass is 10.2. The molecule has 18 heavy (non-hydrogen) atoms. The number of Topliss-reactive ketones (excluding diaryl/α,β-unsaturated/α-hetero) is 1. The summed E-state index contributed by atoms with van der Waals surface area (Å²) in [6.45, 7) is -0.217. The van der Waals surface area contributed by atoms with Crippen molar-refractivity contribution in [3.63, 3.8) is 0 Å². The molecule has 0 unspecified atom stereocenters. The zero-order chi connectivity index (χ0) is 13.5. The van der Waals surface area contributed by atoms with E-state index < -0.39 is 20.9 Å². The molecule has 0 aromatic heterocycles. The van der Waals surface area contributed by atoms with Crippen LogP contribution in [0.15, 0.2) is 23.1 Å². The van der Waals surface area contributed by atoms with E-state index in [9.17, 15) is 18.0 Å². The normalized spacial score (nSPS) is 16.4. The summed E-state index contributed by atoms with van der Waals surface area (Å²) in [4.78, 5) is 23.3. The maximum Gasteiger partial charge on any atom is 0.296 e. The summed E-state index contributed by atoms with van der Waals surface area (Å²) < 4.78 is 31.5. The Morgan fingerprint density at radius 1 is 1.28 bits per heavy atom. The molecule has 1 aliphatic rings. The topological polar surface area (TPSA) is 118 Å². The molecular formula is C10H10N2O5S. The minimum atomic E-state index is -4.49. The van der Waals surface area contributed by atoms with Crippen LogP contribution >= 0.6 is 0 Å². The largest absolute Gasteiger partial charge is 0.399 e. The van der Waals surface area contributed by atoms with E-state index in [1.165, 1.54) is 12.1 Å². The van der Waals surface area contributed by atoms with Gasteiger partial charge in [0.25, 0.3) is 10.1 Å². The molecule has 96 valence electrons. The van der Waals surface area contributed by atoms with Crippen LogP contribution in [0.2, 0.25) is 0 Å². The van der Waals surface area contributed by atoms with Crippen LogP contribution in [0.25, 0.3) is 0 Å². The molecule has 1 aromatic rings. The van der Waals surface area contributed by atoms with E-state index in [-0.39, 0.29) is 30.1 Å². The van der Waals surface area contributed by atoms with E-state index in [1.807, 2.05) is 0 Å². The van der Waals surface area contributed by atoms with Crippen LogP contribution < -0.4 is 10.6 Å². The second-order valence-corrected chi connectivity index (χ2v) is 5.29. The average molecular weight is 270 g/mol. The lowest BCUT2D eigenvalue weighted by Crippen LogP contribution is -2.26. The third-order valence-electron chi connectivity index (χ3n) is 2.54. The van der Waals surface area contributed by atoms with E-state index >= 15 is 0 Å². The van der Waals surface area contributed by atoms with Gasteiger partial charge in [-0.25, -0.2) is 0 Å². The van der Waals surface area contributed by atoms with Gasteiger partial charge in [-0.1, -0.05) is 0 Å².